The van der Waals surface area contributed by atoms with Crippen LogP contribution in [0.15, 0.2) is 24.3 Å². The molecule has 0 aliphatic heterocycles. The lowest BCUT2D eigenvalue weighted by Crippen LogP contribution is -2.40. The number of methoxy groups -OCH3 is 1. The van der Waals surface area contributed by atoms with Gasteiger partial charge in [0.15, 0.2) is 0 Å². The molecule has 0 radical (unpaired) electrons. The Morgan fingerprint density at radius 3 is 2.56 bits per heavy atom. The van der Waals surface area contributed by atoms with Crippen LogP contribution in [0.4, 0.5) is 0 Å². The third-order valence-electron chi connectivity index (χ3n) is 3.33. The van der Waals surface area contributed by atoms with E-state index in [0.29, 0.717) is 5.92 Å². The molecule has 0 N–H and O–H groups in total. The molecule has 1 atom stereocenters. The van der Waals surface area contributed by atoms with Gasteiger partial charge >= 0.3 is 5.97 Å². The van der Waals surface area contributed by atoms with Crippen molar-refractivity contribution < 1.29 is 9.53 Å². The Morgan fingerprint density at radius 1 is 1.44 bits per heavy atom. The summed E-state index contributed by atoms with van der Waals surface area (Å²) in [5.74, 6) is 0.323. The van der Waals surface area contributed by atoms with Crippen molar-refractivity contribution in [3.05, 3.63) is 34.9 Å². The molecule has 0 spiro atoms. The first kappa shape index (κ1) is 13.4. The van der Waals surface area contributed by atoms with Crippen LogP contribution in [-0.4, -0.2) is 31.1 Å². The summed E-state index contributed by atoms with van der Waals surface area (Å²) in [6, 6.07) is 7.59. The van der Waals surface area contributed by atoms with E-state index in [2.05, 4.69) is 4.90 Å². The van der Waals surface area contributed by atoms with Crippen LogP contribution in [0.3, 0.4) is 0 Å². The van der Waals surface area contributed by atoms with Crippen molar-refractivity contribution in [1.82, 2.24) is 4.90 Å². The number of hydrogen-bond donors (Lipinski definition) is 0. The van der Waals surface area contributed by atoms with E-state index in [1.807, 2.05) is 31.3 Å². The molecule has 98 valence electrons. The molecular formula is C14H18ClNO2. The van der Waals surface area contributed by atoms with Crippen molar-refractivity contribution in [3.63, 3.8) is 0 Å². The van der Waals surface area contributed by atoms with Gasteiger partial charge in [-0.25, -0.2) is 0 Å². The molecule has 1 aliphatic rings. The number of likely N-dealkylation sites (N-methyl/N-ethyl adjacent to an activating group) is 1. The highest BCUT2D eigenvalue weighted by atomic mass is 35.5. The maximum Gasteiger partial charge on any atom is 0.323 e. The van der Waals surface area contributed by atoms with Crippen LogP contribution in [0.1, 0.15) is 18.4 Å². The summed E-state index contributed by atoms with van der Waals surface area (Å²) in [6.45, 7) is 0.730. The second-order valence-corrected chi connectivity index (χ2v) is 5.28. The van der Waals surface area contributed by atoms with E-state index in [1.54, 1.807) is 0 Å². The Bertz CT molecular complexity index is 414. The molecule has 0 bridgehead atoms. The topological polar surface area (TPSA) is 29.5 Å². The third kappa shape index (κ3) is 3.24. The fourth-order valence-electron chi connectivity index (χ4n) is 2.24. The summed E-state index contributed by atoms with van der Waals surface area (Å²) in [4.78, 5) is 13.9. The summed E-state index contributed by atoms with van der Waals surface area (Å²) >= 11 is 5.86. The minimum absolute atomic E-state index is 0.120. The molecule has 18 heavy (non-hydrogen) atoms. The van der Waals surface area contributed by atoms with Crippen LogP contribution in [0, 0.1) is 5.92 Å². The number of halogens is 1. The molecule has 0 aromatic heterocycles. The smallest absolute Gasteiger partial charge is 0.323 e. The van der Waals surface area contributed by atoms with Crippen molar-refractivity contribution in [2.24, 2.45) is 5.92 Å². The van der Waals surface area contributed by atoms with Crippen LogP contribution >= 0.6 is 11.6 Å². The van der Waals surface area contributed by atoms with Gasteiger partial charge < -0.3 is 4.74 Å². The maximum atomic E-state index is 11.8. The molecule has 1 aliphatic carbocycles. The van der Waals surface area contributed by atoms with Gasteiger partial charge in [0, 0.05) is 11.6 Å². The van der Waals surface area contributed by atoms with Gasteiger partial charge in [-0.2, -0.15) is 0 Å². The predicted molar refractivity (Wildman–Crippen MR) is 71.4 cm³/mol. The Morgan fingerprint density at radius 2 is 2.06 bits per heavy atom. The van der Waals surface area contributed by atoms with Crippen LogP contribution in [-0.2, 0) is 16.1 Å². The average molecular weight is 268 g/mol. The lowest BCUT2D eigenvalue weighted by atomic mass is 10.1. The van der Waals surface area contributed by atoms with Gasteiger partial charge in [-0.15, -0.1) is 0 Å². The highest BCUT2D eigenvalue weighted by Crippen LogP contribution is 2.36. The molecule has 0 saturated heterocycles. The SMILES string of the molecule is COC(=O)C(C1CC1)N(C)Cc1ccc(Cl)cc1. The minimum Gasteiger partial charge on any atom is -0.468 e. The molecule has 3 nitrogen and oxygen atoms in total. The lowest BCUT2D eigenvalue weighted by Gasteiger charge is -2.25. The van der Waals surface area contributed by atoms with Crippen LogP contribution in [0.5, 0.6) is 0 Å². The number of benzene rings is 1. The minimum atomic E-state index is -0.131. The molecular weight excluding hydrogens is 250 g/mol. The zero-order chi connectivity index (χ0) is 13.1. The van der Waals surface area contributed by atoms with Crippen molar-refractivity contribution in [2.75, 3.05) is 14.2 Å². The predicted octanol–water partition coefficient (Wildman–Crippen LogP) is 2.72. The van der Waals surface area contributed by atoms with E-state index in [1.165, 1.54) is 7.11 Å². The van der Waals surface area contributed by atoms with Crippen molar-refractivity contribution >= 4 is 17.6 Å². The van der Waals surface area contributed by atoms with Gasteiger partial charge in [0.25, 0.3) is 0 Å². The Hall–Kier alpha value is -1.06. The molecule has 1 saturated carbocycles. The van der Waals surface area contributed by atoms with Crippen molar-refractivity contribution in [3.8, 4) is 0 Å². The first-order valence-corrected chi connectivity index (χ1v) is 6.52. The maximum absolute atomic E-state index is 11.8. The molecule has 1 aromatic rings. The van der Waals surface area contributed by atoms with Gasteiger partial charge in [-0.3, -0.25) is 9.69 Å². The van der Waals surface area contributed by atoms with E-state index in [4.69, 9.17) is 16.3 Å². The van der Waals surface area contributed by atoms with Gasteiger partial charge in [0.2, 0.25) is 0 Å². The van der Waals surface area contributed by atoms with E-state index in [9.17, 15) is 4.79 Å². The zero-order valence-corrected chi connectivity index (χ0v) is 11.5. The largest absolute Gasteiger partial charge is 0.468 e. The molecule has 1 fully saturated rings. The van der Waals surface area contributed by atoms with Crippen LogP contribution < -0.4 is 0 Å². The number of nitrogens with zero attached hydrogens (tertiary/aromatic N) is 1. The number of ether oxygens (including phenoxy) is 1. The average Bonchev–Trinajstić information content (AvgIpc) is 3.16. The molecule has 1 unspecified atom stereocenters. The number of esters is 1. The Balaban J connectivity index is 2.02. The van der Waals surface area contributed by atoms with E-state index in [-0.39, 0.29) is 12.0 Å². The number of hydrogen-bond acceptors (Lipinski definition) is 3. The van der Waals surface area contributed by atoms with Gasteiger partial charge in [-0.05, 0) is 43.5 Å². The second kappa shape index (κ2) is 5.72. The quantitative estimate of drug-likeness (QED) is 0.769. The Labute approximate surface area is 113 Å². The summed E-state index contributed by atoms with van der Waals surface area (Å²) in [6.07, 6.45) is 2.23. The number of rotatable bonds is 5. The van der Waals surface area contributed by atoms with Crippen molar-refractivity contribution in [1.29, 1.82) is 0 Å². The normalized spacial score (nSPS) is 16.7. The summed E-state index contributed by atoms with van der Waals surface area (Å²) in [5.41, 5.74) is 1.15. The molecule has 4 heteroatoms. The fourth-order valence-corrected chi connectivity index (χ4v) is 2.37. The van der Waals surface area contributed by atoms with Gasteiger partial charge in [0.1, 0.15) is 6.04 Å². The number of carbonyl (C=O) groups excluding carboxylic acids is 1. The second-order valence-electron chi connectivity index (χ2n) is 4.85. The summed E-state index contributed by atoms with van der Waals surface area (Å²) in [7, 11) is 3.42. The highest BCUT2D eigenvalue weighted by molar-refractivity contribution is 6.30. The van der Waals surface area contributed by atoms with Crippen molar-refractivity contribution in [2.45, 2.75) is 25.4 Å². The first-order valence-electron chi connectivity index (χ1n) is 6.14. The fraction of sp³-hybridized carbons (Fsp3) is 0.500. The number of carbonyl (C=O) groups is 1. The standard InChI is InChI=1S/C14H18ClNO2/c1-16(9-10-3-7-12(15)8-4-10)13(11-5-6-11)14(17)18-2/h3-4,7-8,11,13H,5-6,9H2,1-2H3. The van der Waals surface area contributed by atoms with E-state index in [0.717, 1.165) is 30.0 Å². The van der Waals surface area contributed by atoms with Gasteiger partial charge in [-0.1, -0.05) is 23.7 Å². The van der Waals surface area contributed by atoms with Crippen LogP contribution in [0.2, 0.25) is 5.02 Å². The zero-order valence-electron chi connectivity index (χ0n) is 10.7. The molecule has 2 rings (SSSR count). The van der Waals surface area contributed by atoms with E-state index < -0.39 is 0 Å². The van der Waals surface area contributed by atoms with Crippen LogP contribution in [0.25, 0.3) is 0 Å². The van der Waals surface area contributed by atoms with E-state index >= 15 is 0 Å². The molecule has 0 amide bonds. The van der Waals surface area contributed by atoms with Gasteiger partial charge in [0.05, 0.1) is 7.11 Å². The first-order chi connectivity index (χ1) is 8.61. The highest BCUT2D eigenvalue weighted by Gasteiger charge is 2.39. The third-order valence-corrected chi connectivity index (χ3v) is 3.58. The summed E-state index contributed by atoms with van der Waals surface area (Å²) < 4.78 is 4.89. The lowest BCUT2D eigenvalue weighted by molar-refractivity contribution is -0.147. The Kier molecular flexibility index (Phi) is 4.25. The molecule has 0 heterocycles. The monoisotopic (exact) mass is 267 g/mol. The summed E-state index contributed by atoms with van der Waals surface area (Å²) in [5, 5.41) is 0.730. The molecule has 1 aromatic carbocycles.